The van der Waals surface area contributed by atoms with Crippen LogP contribution in [0.4, 0.5) is 10.1 Å². The first kappa shape index (κ1) is 17.1. The van der Waals surface area contributed by atoms with Crippen molar-refractivity contribution < 1.29 is 14.0 Å². The topological polar surface area (TPSA) is 40.6 Å². The van der Waals surface area contributed by atoms with Crippen molar-refractivity contribution in [3.05, 3.63) is 65.0 Å². The van der Waals surface area contributed by atoms with Gasteiger partial charge in [0.25, 0.3) is 5.91 Å². The molecule has 0 aliphatic carbocycles. The number of amides is 2. The van der Waals surface area contributed by atoms with Gasteiger partial charge in [-0.05, 0) is 68.3 Å². The number of anilines is 1. The Labute approximate surface area is 146 Å². The van der Waals surface area contributed by atoms with Gasteiger partial charge >= 0.3 is 0 Å². The Bertz CT molecular complexity index is 797. The maximum absolute atomic E-state index is 13.0. The van der Waals surface area contributed by atoms with Gasteiger partial charge in [0.2, 0.25) is 5.91 Å². The first-order valence-corrected chi connectivity index (χ1v) is 8.33. The van der Waals surface area contributed by atoms with E-state index < -0.39 is 6.04 Å². The fourth-order valence-corrected chi connectivity index (χ4v) is 3.27. The Morgan fingerprint density at radius 3 is 2.24 bits per heavy atom. The average molecular weight is 340 g/mol. The quantitative estimate of drug-likeness (QED) is 0.841. The lowest BCUT2D eigenvalue weighted by Crippen LogP contribution is -2.57. The maximum Gasteiger partial charge on any atom is 0.254 e. The van der Waals surface area contributed by atoms with Gasteiger partial charge in [-0.25, -0.2) is 4.39 Å². The van der Waals surface area contributed by atoms with Crippen molar-refractivity contribution in [3.8, 4) is 0 Å². The summed E-state index contributed by atoms with van der Waals surface area (Å²) < 4.78 is 13.0. The number of carbonyl (C=O) groups is 2. The van der Waals surface area contributed by atoms with Gasteiger partial charge in [0.15, 0.2) is 0 Å². The summed E-state index contributed by atoms with van der Waals surface area (Å²) >= 11 is 0. The highest BCUT2D eigenvalue weighted by Gasteiger charge is 2.35. The van der Waals surface area contributed by atoms with Crippen LogP contribution in [-0.2, 0) is 4.79 Å². The summed E-state index contributed by atoms with van der Waals surface area (Å²) in [4.78, 5) is 28.8. The molecular formula is C20H21FN2O2. The van der Waals surface area contributed by atoms with Crippen molar-refractivity contribution in [1.29, 1.82) is 0 Å². The van der Waals surface area contributed by atoms with Crippen LogP contribution in [-0.4, -0.2) is 35.8 Å². The van der Waals surface area contributed by atoms with E-state index in [4.69, 9.17) is 0 Å². The van der Waals surface area contributed by atoms with Crippen LogP contribution >= 0.6 is 0 Å². The molecule has 0 N–H and O–H groups in total. The normalized spacial score (nSPS) is 17.8. The molecule has 0 saturated carbocycles. The highest BCUT2D eigenvalue weighted by Crippen LogP contribution is 2.24. The van der Waals surface area contributed by atoms with Gasteiger partial charge in [-0.15, -0.1) is 0 Å². The predicted octanol–water partition coefficient (Wildman–Crippen LogP) is 3.32. The van der Waals surface area contributed by atoms with Crippen LogP contribution in [0.1, 0.15) is 28.4 Å². The maximum atomic E-state index is 13.0. The Hall–Kier alpha value is -2.69. The summed E-state index contributed by atoms with van der Waals surface area (Å²) in [6.07, 6.45) is 0. The zero-order chi connectivity index (χ0) is 18.1. The molecule has 0 bridgehead atoms. The SMILES string of the molecule is Cc1cc(C)cc(N2CCN(C(=O)c3ccc(F)cc3)[C@@H](C)C2=O)c1. The molecule has 1 fully saturated rings. The third-order valence-corrected chi connectivity index (χ3v) is 4.53. The molecule has 1 aliphatic heterocycles. The third-order valence-electron chi connectivity index (χ3n) is 4.53. The molecule has 2 amide bonds. The third kappa shape index (κ3) is 3.40. The van der Waals surface area contributed by atoms with E-state index in [0.29, 0.717) is 18.7 Å². The minimum atomic E-state index is -0.563. The molecule has 1 aliphatic rings. The summed E-state index contributed by atoms with van der Waals surface area (Å²) in [5, 5.41) is 0. The van der Waals surface area contributed by atoms with Crippen molar-refractivity contribution in [3.63, 3.8) is 0 Å². The fraction of sp³-hybridized carbons (Fsp3) is 0.300. The fourth-order valence-electron chi connectivity index (χ4n) is 3.27. The van der Waals surface area contributed by atoms with E-state index in [2.05, 4.69) is 6.07 Å². The Morgan fingerprint density at radius 2 is 1.64 bits per heavy atom. The molecule has 1 saturated heterocycles. The predicted molar refractivity (Wildman–Crippen MR) is 95.2 cm³/mol. The summed E-state index contributed by atoms with van der Waals surface area (Å²) in [7, 11) is 0. The van der Waals surface area contributed by atoms with E-state index in [9.17, 15) is 14.0 Å². The van der Waals surface area contributed by atoms with Crippen LogP contribution < -0.4 is 4.90 Å². The molecule has 2 aromatic rings. The van der Waals surface area contributed by atoms with Crippen LogP contribution in [0.25, 0.3) is 0 Å². The summed E-state index contributed by atoms with van der Waals surface area (Å²) in [6, 6.07) is 10.9. The minimum absolute atomic E-state index is 0.105. The van der Waals surface area contributed by atoms with Gasteiger partial charge < -0.3 is 9.80 Å². The molecule has 1 atom stereocenters. The molecule has 0 aromatic heterocycles. The molecule has 5 heteroatoms. The van der Waals surface area contributed by atoms with Gasteiger partial charge in [0, 0.05) is 24.3 Å². The first-order valence-electron chi connectivity index (χ1n) is 8.33. The van der Waals surface area contributed by atoms with E-state index in [1.54, 1.807) is 16.7 Å². The highest BCUT2D eigenvalue weighted by molar-refractivity contribution is 6.03. The lowest BCUT2D eigenvalue weighted by Gasteiger charge is -2.39. The standard InChI is InChI=1S/C20H21FN2O2/c1-13-10-14(2)12-18(11-13)23-9-8-22(15(3)19(23)24)20(25)16-4-6-17(21)7-5-16/h4-7,10-12,15H,8-9H2,1-3H3/t15-/m0/s1. The Balaban J connectivity index is 1.81. The van der Waals surface area contributed by atoms with Crippen LogP contribution in [0.15, 0.2) is 42.5 Å². The summed E-state index contributed by atoms with van der Waals surface area (Å²) in [5.74, 6) is -0.743. The number of aryl methyl sites for hydroxylation is 2. The van der Waals surface area contributed by atoms with Crippen molar-refractivity contribution in [2.75, 3.05) is 18.0 Å². The van der Waals surface area contributed by atoms with E-state index in [0.717, 1.165) is 16.8 Å². The zero-order valence-corrected chi connectivity index (χ0v) is 14.6. The number of halogens is 1. The van der Waals surface area contributed by atoms with Crippen molar-refractivity contribution in [2.24, 2.45) is 0 Å². The van der Waals surface area contributed by atoms with Gasteiger partial charge in [-0.2, -0.15) is 0 Å². The summed E-state index contributed by atoms with van der Waals surface area (Å²) in [6.45, 7) is 6.62. The molecule has 0 unspecified atom stereocenters. The Kier molecular flexibility index (Phi) is 4.57. The number of piperazine rings is 1. The van der Waals surface area contributed by atoms with Gasteiger partial charge in [-0.1, -0.05) is 6.07 Å². The number of nitrogens with zero attached hydrogens (tertiary/aromatic N) is 2. The molecule has 25 heavy (non-hydrogen) atoms. The van der Waals surface area contributed by atoms with Crippen LogP contribution in [0.3, 0.4) is 0 Å². The number of hydrogen-bond donors (Lipinski definition) is 0. The number of rotatable bonds is 2. The molecule has 130 valence electrons. The van der Waals surface area contributed by atoms with Crippen LogP contribution in [0.2, 0.25) is 0 Å². The highest BCUT2D eigenvalue weighted by atomic mass is 19.1. The number of hydrogen-bond acceptors (Lipinski definition) is 2. The molecule has 0 radical (unpaired) electrons. The lowest BCUT2D eigenvalue weighted by molar-refractivity contribution is -0.124. The minimum Gasteiger partial charge on any atom is -0.325 e. The smallest absolute Gasteiger partial charge is 0.254 e. The zero-order valence-electron chi connectivity index (χ0n) is 14.6. The van der Waals surface area contributed by atoms with E-state index in [1.165, 1.54) is 24.3 Å². The second-order valence-electron chi connectivity index (χ2n) is 6.52. The summed E-state index contributed by atoms with van der Waals surface area (Å²) in [5.41, 5.74) is 3.45. The van der Waals surface area contributed by atoms with Gasteiger partial charge in [-0.3, -0.25) is 9.59 Å². The average Bonchev–Trinajstić information content (AvgIpc) is 2.56. The molecule has 3 rings (SSSR count). The Morgan fingerprint density at radius 1 is 1.04 bits per heavy atom. The monoisotopic (exact) mass is 340 g/mol. The van der Waals surface area contributed by atoms with Gasteiger partial charge in [0.1, 0.15) is 11.9 Å². The molecule has 4 nitrogen and oxygen atoms in total. The van der Waals surface area contributed by atoms with Crippen LogP contribution in [0.5, 0.6) is 0 Å². The van der Waals surface area contributed by atoms with E-state index in [1.807, 2.05) is 26.0 Å². The lowest BCUT2D eigenvalue weighted by atomic mass is 10.1. The largest absolute Gasteiger partial charge is 0.325 e. The second-order valence-corrected chi connectivity index (χ2v) is 6.52. The molecule has 1 heterocycles. The molecular weight excluding hydrogens is 319 g/mol. The van der Waals surface area contributed by atoms with Crippen molar-refractivity contribution >= 4 is 17.5 Å². The van der Waals surface area contributed by atoms with Crippen molar-refractivity contribution in [1.82, 2.24) is 4.90 Å². The molecule has 0 spiro atoms. The van der Waals surface area contributed by atoms with E-state index >= 15 is 0 Å². The van der Waals surface area contributed by atoms with E-state index in [-0.39, 0.29) is 17.6 Å². The number of carbonyl (C=O) groups excluding carboxylic acids is 2. The second kappa shape index (κ2) is 6.67. The molecule has 2 aromatic carbocycles. The number of benzene rings is 2. The van der Waals surface area contributed by atoms with Gasteiger partial charge in [0.05, 0.1) is 0 Å². The first-order chi connectivity index (χ1) is 11.9. The van der Waals surface area contributed by atoms with Crippen LogP contribution in [0, 0.1) is 19.7 Å². The van der Waals surface area contributed by atoms with Crippen molar-refractivity contribution in [2.45, 2.75) is 26.8 Å².